The van der Waals surface area contributed by atoms with Gasteiger partial charge in [0.2, 0.25) is 15.9 Å². The fraction of sp³-hybridized carbons (Fsp3) is 0.467. The van der Waals surface area contributed by atoms with Crippen LogP contribution in [0.2, 0.25) is 0 Å². The fourth-order valence-electron chi connectivity index (χ4n) is 2.10. The summed E-state index contributed by atoms with van der Waals surface area (Å²) in [6.07, 6.45) is 2.04. The van der Waals surface area contributed by atoms with Crippen molar-refractivity contribution in [3.63, 3.8) is 0 Å². The summed E-state index contributed by atoms with van der Waals surface area (Å²) < 4.78 is 32.3. The van der Waals surface area contributed by atoms with Crippen molar-refractivity contribution < 1.29 is 12.8 Å². The highest BCUT2D eigenvalue weighted by Crippen LogP contribution is 2.26. The summed E-state index contributed by atoms with van der Waals surface area (Å²) >= 11 is 3.25. The molecule has 0 aliphatic heterocycles. The van der Waals surface area contributed by atoms with Crippen molar-refractivity contribution in [2.75, 3.05) is 30.9 Å². The molecule has 24 heavy (non-hydrogen) atoms. The molecule has 0 spiro atoms. The van der Waals surface area contributed by atoms with Crippen LogP contribution in [0.15, 0.2) is 38.8 Å². The van der Waals surface area contributed by atoms with Gasteiger partial charge in [0.1, 0.15) is 0 Å². The Bertz CT molecular complexity index is 758. The van der Waals surface area contributed by atoms with Gasteiger partial charge in [-0.3, -0.25) is 0 Å². The van der Waals surface area contributed by atoms with E-state index in [2.05, 4.69) is 10.2 Å². The van der Waals surface area contributed by atoms with Crippen molar-refractivity contribution >= 4 is 33.5 Å². The first-order chi connectivity index (χ1) is 11.5. The van der Waals surface area contributed by atoms with Crippen molar-refractivity contribution in [2.45, 2.75) is 24.0 Å². The first-order valence-electron chi connectivity index (χ1n) is 7.58. The zero-order valence-electron chi connectivity index (χ0n) is 13.9. The number of benzene rings is 1. The molecule has 6 nitrogen and oxygen atoms in total. The SMILES string of the molecule is CCN(CC)S(=O)(=O)c1cccc(-c2nnc(SCCSC)o2)c1. The molecule has 1 aromatic heterocycles. The highest BCUT2D eigenvalue weighted by Gasteiger charge is 2.22. The molecule has 0 aliphatic carbocycles. The maximum Gasteiger partial charge on any atom is 0.276 e. The molecule has 0 atom stereocenters. The molecule has 0 N–H and O–H groups in total. The minimum absolute atomic E-state index is 0.235. The second kappa shape index (κ2) is 8.89. The molecule has 2 rings (SSSR count). The second-order valence-corrected chi connectivity index (χ2v) is 8.80. The van der Waals surface area contributed by atoms with Crippen LogP contribution in [0.3, 0.4) is 0 Å². The molecule has 1 aromatic carbocycles. The average molecular weight is 388 g/mol. The standard InChI is InChI=1S/C15H21N3O3S3/c1-4-18(5-2)24(19,20)13-8-6-7-12(11-13)14-16-17-15(21-14)23-10-9-22-3/h6-8,11H,4-5,9-10H2,1-3H3. The van der Waals surface area contributed by atoms with Crippen molar-refractivity contribution in [1.29, 1.82) is 0 Å². The lowest BCUT2D eigenvalue weighted by atomic mass is 10.2. The monoisotopic (exact) mass is 387 g/mol. The molecule has 0 amide bonds. The number of hydrogen-bond donors (Lipinski definition) is 0. The first kappa shape index (κ1) is 19.3. The second-order valence-electron chi connectivity index (χ2n) is 4.83. The van der Waals surface area contributed by atoms with Crippen LogP contribution in [0, 0.1) is 0 Å². The quantitative estimate of drug-likeness (QED) is 0.483. The average Bonchev–Trinajstić information content (AvgIpc) is 3.05. The van der Waals surface area contributed by atoms with E-state index in [1.165, 1.54) is 16.1 Å². The summed E-state index contributed by atoms with van der Waals surface area (Å²) in [5, 5.41) is 8.52. The van der Waals surface area contributed by atoms with Gasteiger partial charge in [-0.15, -0.1) is 10.2 Å². The van der Waals surface area contributed by atoms with Gasteiger partial charge < -0.3 is 4.42 Å². The third kappa shape index (κ3) is 4.53. The van der Waals surface area contributed by atoms with E-state index in [1.807, 2.05) is 20.1 Å². The molecular formula is C15H21N3O3S3. The molecule has 132 valence electrons. The Morgan fingerprint density at radius 2 is 1.92 bits per heavy atom. The van der Waals surface area contributed by atoms with Crippen LogP contribution < -0.4 is 0 Å². The van der Waals surface area contributed by atoms with Gasteiger partial charge in [-0.05, 0) is 24.5 Å². The minimum atomic E-state index is -3.51. The molecule has 0 aliphatic rings. The molecule has 2 aromatic rings. The maximum atomic E-state index is 12.6. The van der Waals surface area contributed by atoms with Crippen LogP contribution in [0.1, 0.15) is 13.8 Å². The van der Waals surface area contributed by atoms with E-state index in [0.29, 0.717) is 29.8 Å². The van der Waals surface area contributed by atoms with E-state index in [4.69, 9.17) is 4.42 Å². The van der Waals surface area contributed by atoms with Gasteiger partial charge in [0, 0.05) is 30.2 Å². The highest BCUT2D eigenvalue weighted by atomic mass is 32.2. The minimum Gasteiger partial charge on any atom is -0.411 e. The zero-order chi connectivity index (χ0) is 17.6. The summed E-state index contributed by atoms with van der Waals surface area (Å²) in [4.78, 5) is 0.235. The van der Waals surface area contributed by atoms with Gasteiger partial charge in [0.05, 0.1) is 4.90 Å². The topological polar surface area (TPSA) is 76.3 Å². The van der Waals surface area contributed by atoms with Crippen LogP contribution in [0.5, 0.6) is 0 Å². The normalized spacial score (nSPS) is 12.0. The Hall–Kier alpha value is -1.03. The van der Waals surface area contributed by atoms with Gasteiger partial charge in [0.25, 0.3) is 5.22 Å². The van der Waals surface area contributed by atoms with Gasteiger partial charge >= 0.3 is 0 Å². The van der Waals surface area contributed by atoms with Crippen molar-refractivity contribution in [3.8, 4) is 11.5 Å². The lowest BCUT2D eigenvalue weighted by Gasteiger charge is -2.18. The van der Waals surface area contributed by atoms with Crippen molar-refractivity contribution in [3.05, 3.63) is 24.3 Å². The molecule has 0 saturated heterocycles. The van der Waals surface area contributed by atoms with Crippen LogP contribution in [-0.2, 0) is 10.0 Å². The number of thioether (sulfide) groups is 2. The van der Waals surface area contributed by atoms with E-state index in [-0.39, 0.29) is 4.90 Å². The van der Waals surface area contributed by atoms with E-state index in [9.17, 15) is 8.42 Å². The van der Waals surface area contributed by atoms with Crippen LogP contribution in [0.25, 0.3) is 11.5 Å². The molecule has 0 saturated carbocycles. The number of rotatable bonds is 9. The Morgan fingerprint density at radius 3 is 2.58 bits per heavy atom. The smallest absolute Gasteiger partial charge is 0.276 e. The van der Waals surface area contributed by atoms with E-state index in [1.54, 1.807) is 36.0 Å². The summed E-state index contributed by atoms with van der Waals surface area (Å²) in [5.41, 5.74) is 0.604. The Morgan fingerprint density at radius 1 is 1.17 bits per heavy atom. The van der Waals surface area contributed by atoms with Crippen molar-refractivity contribution in [1.82, 2.24) is 14.5 Å². The third-order valence-corrected chi connectivity index (χ3v) is 7.08. The largest absolute Gasteiger partial charge is 0.411 e. The van der Waals surface area contributed by atoms with E-state index in [0.717, 1.165) is 11.5 Å². The first-order valence-corrected chi connectivity index (χ1v) is 11.4. The van der Waals surface area contributed by atoms with E-state index >= 15 is 0 Å². The predicted octanol–water partition coefficient (Wildman–Crippen LogP) is 3.22. The summed E-state index contributed by atoms with van der Waals surface area (Å²) in [6, 6.07) is 6.63. The molecule has 9 heteroatoms. The Balaban J connectivity index is 2.25. The lowest BCUT2D eigenvalue weighted by Crippen LogP contribution is -2.30. The Labute approximate surface area is 151 Å². The van der Waals surface area contributed by atoms with Crippen LogP contribution >= 0.6 is 23.5 Å². The number of aromatic nitrogens is 2. The summed E-state index contributed by atoms with van der Waals surface area (Å²) in [7, 11) is -3.51. The van der Waals surface area contributed by atoms with Gasteiger partial charge in [0.15, 0.2) is 0 Å². The molecule has 0 bridgehead atoms. The molecular weight excluding hydrogens is 366 g/mol. The van der Waals surface area contributed by atoms with Crippen LogP contribution in [-0.4, -0.2) is 53.8 Å². The maximum absolute atomic E-state index is 12.6. The molecule has 0 fully saturated rings. The van der Waals surface area contributed by atoms with Gasteiger partial charge in [-0.1, -0.05) is 31.7 Å². The number of sulfonamides is 1. The summed E-state index contributed by atoms with van der Waals surface area (Å²) in [5.74, 6) is 2.22. The molecule has 0 radical (unpaired) electrons. The molecule has 0 unspecified atom stereocenters. The van der Waals surface area contributed by atoms with Crippen molar-refractivity contribution in [2.24, 2.45) is 0 Å². The number of hydrogen-bond acceptors (Lipinski definition) is 7. The van der Waals surface area contributed by atoms with E-state index < -0.39 is 10.0 Å². The zero-order valence-corrected chi connectivity index (χ0v) is 16.4. The third-order valence-electron chi connectivity index (χ3n) is 3.34. The lowest BCUT2D eigenvalue weighted by molar-refractivity contribution is 0.445. The van der Waals surface area contributed by atoms with Gasteiger partial charge in [-0.2, -0.15) is 16.1 Å². The van der Waals surface area contributed by atoms with Gasteiger partial charge in [-0.25, -0.2) is 8.42 Å². The summed E-state index contributed by atoms with van der Waals surface area (Å²) in [6.45, 7) is 4.50. The molecule has 1 heterocycles. The predicted molar refractivity (Wildman–Crippen MR) is 98.9 cm³/mol. The number of nitrogens with zero attached hydrogens (tertiary/aromatic N) is 3. The highest BCUT2D eigenvalue weighted by molar-refractivity contribution is 8.02. The Kier molecular flexibility index (Phi) is 7.15. The fourth-order valence-corrected chi connectivity index (χ4v) is 5.01. The van der Waals surface area contributed by atoms with Crippen LogP contribution in [0.4, 0.5) is 0 Å².